The van der Waals surface area contributed by atoms with Crippen LogP contribution >= 0.6 is 19.2 Å². The highest BCUT2D eigenvalue weighted by Crippen LogP contribution is 2.42. The molecular weight excluding hydrogens is 667 g/mol. The molecule has 0 spiro atoms. The second-order valence-electron chi connectivity index (χ2n) is 13.9. The number of anilines is 1. The molecule has 49 heavy (non-hydrogen) atoms. The minimum absolute atomic E-state index is 0.0488. The second-order valence-corrected chi connectivity index (χ2v) is 16.0. The van der Waals surface area contributed by atoms with E-state index in [1.807, 2.05) is 12.3 Å². The Labute approximate surface area is 298 Å². The van der Waals surface area contributed by atoms with Gasteiger partial charge in [-0.3, -0.25) is 4.57 Å². The zero-order chi connectivity index (χ0) is 34.7. The summed E-state index contributed by atoms with van der Waals surface area (Å²) in [7, 11) is -3.92. The van der Waals surface area contributed by atoms with Crippen molar-refractivity contribution in [2.75, 3.05) is 38.1 Å². The number of fused-ring (bicyclic) bond motifs is 1. The molecule has 280 valence electrons. The van der Waals surface area contributed by atoms with Gasteiger partial charge in [0.2, 0.25) is 5.28 Å². The Balaban J connectivity index is 1.01. The third kappa shape index (κ3) is 14.7. The number of aromatic nitrogens is 3. The molecule has 4 atom stereocenters. The van der Waals surface area contributed by atoms with Crippen molar-refractivity contribution in [1.82, 2.24) is 14.5 Å². The lowest BCUT2D eigenvalue weighted by molar-refractivity contribution is -0.0567. The number of nitrogens with zero attached hydrogens (tertiary/aromatic N) is 3. The minimum atomic E-state index is -3.92. The van der Waals surface area contributed by atoms with E-state index in [0.717, 1.165) is 24.6 Å². The van der Waals surface area contributed by atoms with Gasteiger partial charge in [-0.15, -0.1) is 0 Å². The summed E-state index contributed by atoms with van der Waals surface area (Å²) in [6.45, 7) is 3.65. The highest BCUT2D eigenvalue weighted by atomic mass is 35.5. The molecule has 0 amide bonds. The third-order valence-corrected chi connectivity index (χ3v) is 10.9. The van der Waals surface area contributed by atoms with Crippen molar-refractivity contribution >= 4 is 36.0 Å². The number of aliphatic hydroxyl groups excluding tert-OH is 1. The first-order valence-electron chi connectivity index (χ1n) is 19.1. The average molecular weight is 729 g/mol. The van der Waals surface area contributed by atoms with Gasteiger partial charge in [0.25, 0.3) is 0 Å². The molecule has 0 aromatic carbocycles. The summed E-state index contributed by atoms with van der Waals surface area (Å²) < 4.78 is 36.7. The lowest BCUT2D eigenvalue weighted by Crippen LogP contribution is -2.20. The van der Waals surface area contributed by atoms with Crippen LogP contribution in [0.15, 0.2) is 12.3 Å². The summed E-state index contributed by atoms with van der Waals surface area (Å²) in [5.74, 6) is 0.684. The molecule has 3 heterocycles. The maximum absolute atomic E-state index is 12.5. The molecule has 0 bridgehead atoms. The summed E-state index contributed by atoms with van der Waals surface area (Å²) in [6.07, 6.45) is 23.4. The van der Waals surface area contributed by atoms with Crippen LogP contribution in [-0.2, 0) is 23.3 Å². The number of nitrogens with one attached hydrogen (secondary N) is 1. The second kappa shape index (κ2) is 22.6. The fourth-order valence-corrected chi connectivity index (χ4v) is 7.87. The van der Waals surface area contributed by atoms with Gasteiger partial charge in [-0.1, -0.05) is 103 Å². The fraction of sp³-hybridized carbons (Fsp3) is 0.833. The van der Waals surface area contributed by atoms with Crippen LogP contribution in [0.3, 0.4) is 0 Å². The van der Waals surface area contributed by atoms with Crippen molar-refractivity contribution in [3.05, 3.63) is 17.5 Å². The van der Waals surface area contributed by atoms with Gasteiger partial charge in [0, 0.05) is 31.9 Å². The Hall–Kier alpha value is -1.30. The summed E-state index contributed by atoms with van der Waals surface area (Å²) in [6, 6.07) is 2.25. The number of hydrogen-bond donors (Lipinski definition) is 3. The van der Waals surface area contributed by atoms with Crippen molar-refractivity contribution in [1.29, 1.82) is 0 Å². The standard InChI is InChI=1S/C36H62ClN4O7P/c1-2-3-4-5-6-7-8-9-10-11-12-13-14-17-23-45-24-18-25-47-49(43,44)28-46-27-30-26-32(42)35(48-30)41-22-21-31-33(38-29-19-15-16-20-29)39-36(37)40-34(31)41/h21-22,29-30,32,35,42H,2-20,23-28H2,1H3,(H,43,44)(H,38,39,40)/t30-,32+,35+/m0/s1. The van der Waals surface area contributed by atoms with E-state index in [-0.39, 0.29) is 18.5 Å². The van der Waals surface area contributed by atoms with Gasteiger partial charge in [0.05, 0.1) is 24.7 Å². The van der Waals surface area contributed by atoms with Crippen LogP contribution in [0.5, 0.6) is 0 Å². The number of aliphatic hydroxyl groups is 1. The first-order chi connectivity index (χ1) is 23.9. The monoisotopic (exact) mass is 728 g/mol. The van der Waals surface area contributed by atoms with E-state index in [2.05, 4.69) is 22.2 Å². The van der Waals surface area contributed by atoms with Gasteiger partial charge in [-0.25, -0.2) is 4.98 Å². The molecule has 2 aromatic heterocycles. The number of hydrogen-bond acceptors (Lipinski definition) is 9. The lowest BCUT2D eigenvalue weighted by Gasteiger charge is -2.19. The van der Waals surface area contributed by atoms with Crippen LogP contribution in [-0.4, -0.2) is 75.6 Å². The maximum atomic E-state index is 12.5. The van der Waals surface area contributed by atoms with E-state index in [1.165, 1.54) is 96.3 Å². The third-order valence-electron chi connectivity index (χ3n) is 9.61. The number of halogens is 1. The Bertz CT molecular complexity index is 1250. The van der Waals surface area contributed by atoms with Crippen molar-refractivity contribution in [2.24, 2.45) is 0 Å². The van der Waals surface area contributed by atoms with E-state index < -0.39 is 32.4 Å². The van der Waals surface area contributed by atoms with Gasteiger partial charge in [0.1, 0.15) is 23.9 Å². The molecule has 2 aliphatic rings. The largest absolute Gasteiger partial charge is 0.388 e. The zero-order valence-electron chi connectivity index (χ0n) is 29.7. The predicted octanol–water partition coefficient (Wildman–Crippen LogP) is 9.15. The number of ether oxygens (including phenoxy) is 3. The molecule has 4 rings (SSSR count). The van der Waals surface area contributed by atoms with Gasteiger partial charge >= 0.3 is 7.60 Å². The Morgan fingerprint density at radius 3 is 2.22 bits per heavy atom. The molecule has 2 aromatic rings. The predicted molar refractivity (Wildman–Crippen MR) is 195 cm³/mol. The smallest absolute Gasteiger partial charge is 0.353 e. The van der Waals surface area contributed by atoms with Crippen molar-refractivity contribution in [3.63, 3.8) is 0 Å². The van der Waals surface area contributed by atoms with Crippen LogP contribution in [0.2, 0.25) is 5.28 Å². The molecular formula is C36H62ClN4O7P. The van der Waals surface area contributed by atoms with Gasteiger partial charge in [-0.2, -0.15) is 4.98 Å². The van der Waals surface area contributed by atoms with E-state index >= 15 is 0 Å². The Morgan fingerprint density at radius 1 is 0.918 bits per heavy atom. The normalized spacial score (nSPS) is 21.2. The number of unbranched alkanes of at least 4 members (excludes halogenated alkanes) is 13. The minimum Gasteiger partial charge on any atom is -0.388 e. The summed E-state index contributed by atoms with van der Waals surface area (Å²) in [5.41, 5.74) is 0.572. The van der Waals surface area contributed by atoms with Crippen LogP contribution in [0.1, 0.15) is 142 Å². The molecule has 1 unspecified atom stereocenters. The molecule has 1 saturated carbocycles. The Kier molecular flexibility index (Phi) is 18.7. The quantitative estimate of drug-likeness (QED) is 0.0464. The Morgan fingerprint density at radius 2 is 1.55 bits per heavy atom. The molecule has 2 fully saturated rings. The molecule has 11 nitrogen and oxygen atoms in total. The van der Waals surface area contributed by atoms with Crippen LogP contribution in [0.4, 0.5) is 5.82 Å². The van der Waals surface area contributed by atoms with E-state index in [0.29, 0.717) is 43.6 Å². The van der Waals surface area contributed by atoms with Crippen molar-refractivity contribution in [2.45, 2.75) is 160 Å². The van der Waals surface area contributed by atoms with E-state index in [1.54, 1.807) is 4.57 Å². The molecule has 3 N–H and O–H groups in total. The van der Waals surface area contributed by atoms with Crippen LogP contribution in [0.25, 0.3) is 11.0 Å². The van der Waals surface area contributed by atoms with E-state index in [9.17, 15) is 14.6 Å². The van der Waals surface area contributed by atoms with Crippen molar-refractivity contribution in [3.8, 4) is 0 Å². The summed E-state index contributed by atoms with van der Waals surface area (Å²) in [4.78, 5) is 19.0. The van der Waals surface area contributed by atoms with Gasteiger partial charge in [0.15, 0.2) is 6.23 Å². The fourth-order valence-electron chi connectivity index (χ4n) is 6.88. The maximum Gasteiger partial charge on any atom is 0.353 e. The van der Waals surface area contributed by atoms with Crippen LogP contribution < -0.4 is 5.32 Å². The average Bonchev–Trinajstić information content (AvgIpc) is 3.82. The SMILES string of the molecule is CCCCCCCCCCCCCCCCOCCCOP(=O)(O)COC[C@@H]1C[C@@H](O)[C@H](n2ccc3c(NC4CCCC4)nc(Cl)nc32)O1. The molecule has 0 radical (unpaired) electrons. The first-order valence-corrected chi connectivity index (χ1v) is 21.3. The summed E-state index contributed by atoms with van der Waals surface area (Å²) >= 11 is 6.27. The zero-order valence-corrected chi connectivity index (χ0v) is 31.4. The molecule has 13 heteroatoms. The van der Waals surface area contributed by atoms with Crippen LogP contribution in [0, 0.1) is 0 Å². The highest BCUT2D eigenvalue weighted by molar-refractivity contribution is 7.52. The van der Waals surface area contributed by atoms with Gasteiger partial charge in [-0.05, 0) is 43.4 Å². The highest BCUT2D eigenvalue weighted by Gasteiger charge is 2.37. The molecule has 1 aliphatic carbocycles. The number of rotatable bonds is 27. The van der Waals surface area contributed by atoms with Gasteiger partial charge < -0.3 is 38.6 Å². The topological polar surface area (TPSA) is 137 Å². The molecule has 1 aliphatic heterocycles. The van der Waals surface area contributed by atoms with E-state index in [4.69, 9.17) is 30.3 Å². The van der Waals surface area contributed by atoms with Crippen molar-refractivity contribution < 1.29 is 33.3 Å². The first kappa shape index (κ1) is 40.5. The molecule has 1 saturated heterocycles. The lowest BCUT2D eigenvalue weighted by atomic mass is 10.0. The summed E-state index contributed by atoms with van der Waals surface area (Å²) in [5, 5.41) is 15.2.